The van der Waals surface area contributed by atoms with Gasteiger partial charge in [0, 0.05) is 25.7 Å². The van der Waals surface area contributed by atoms with Gasteiger partial charge < -0.3 is 28.4 Å². The molecule has 2 saturated carbocycles. The second-order valence-electron chi connectivity index (χ2n) is 14.9. The average molecular weight is 665 g/mol. The summed E-state index contributed by atoms with van der Waals surface area (Å²) in [5, 5.41) is 0. The maximum absolute atomic E-state index is 13.1. The molecule has 0 amide bonds. The maximum Gasteiger partial charge on any atom is 0.312 e. The predicted octanol–water partition coefficient (Wildman–Crippen LogP) is 8.71. The van der Waals surface area contributed by atoms with Crippen molar-refractivity contribution in [2.24, 2.45) is 29.6 Å². The lowest BCUT2D eigenvalue weighted by Crippen LogP contribution is -2.33. The van der Waals surface area contributed by atoms with E-state index < -0.39 is 0 Å². The Morgan fingerprint density at radius 1 is 0.917 bits per heavy atom. The van der Waals surface area contributed by atoms with Gasteiger partial charge in [-0.25, -0.2) is 0 Å². The van der Waals surface area contributed by atoms with Crippen LogP contribution < -0.4 is 0 Å². The van der Waals surface area contributed by atoms with Gasteiger partial charge in [0.1, 0.15) is 0 Å². The average Bonchev–Trinajstić information content (AvgIpc) is 3.68. The van der Waals surface area contributed by atoms with Crippen LogP contribution in [0.25, 0.3) is 0 Å². The Morgan fingerprint density at radius 2 is 1.67 bits per heavy atom. The first-order valence-electron chi connectivity index (χ1n) is 19.3. The Labute approximate surface area is 289 Å². The monoisotopic (exact) mass is 664 g/mol. The molecule has 7 nitrogen and oxygen atoms in total. The first-order chi connectivity index (χ1) is 23.7. The molecule has 2 saturated heterocycles. The van der Waals surface area contributed by atoms with Gasteiger partial charge in [0.15, 0.2) is 12.6 Å². The molecule has 266 valence electrons. The summed E-state index contributed by atoms with van der Waals surface area (Å²) >= 11 is 0. The van der Waals surface area contributed by atoms with Crippen molar-refractivity contribution in [3.05, 3.63) is 59.7 Å². The zero-order valence-electron chi connectivity index (χ0n) is 29.3. The second kappa shape index (κ2) is 18.8. The van der Waals surface area contributed by atoms with Crippen LogP contribution in [0.2, 0.25) is 0 Å². The molecular weight excluding hydrogens is 604 g/mol. The van der Waals surface area contributed by atoms with Crippen molar-refractivity contribution in [1.29, 1.82) is 0 Å². The number of fused-ring (bicyclic) bond motifs is 1. The summed E-state index contributed by atoms with van der Waals surface area (Å²) in [4.78, 5) is 13.1. The molecule has 4 fully saturated rings. The van der Waals surface area contributed by atoms with Gasteiger partial charge in [0.2, 0.25) is 0 Å². The summed E-state index contributed by atoms with van der Waals surface area (Å²) in [5.74, 6) is 1.25. The lowest BCUT2D eigenvalue weighted by molar-refractivity contribution is -0.193. The smallest absolute Gasteiger partial charge is 0.312 e. The quantitative estimate of drug-likeness (QED) is 0.0995. The Hall–Kier alpha value is -2.03. The van der Waals surface area contributed by atoms with Gasteiger partial charge in [0.25, 0.3) is 0 Å². The summed E-state index contributed by atoms with van der Waals surface area (Å²) in [6.45, 7) is 2.90. The summed E-state index contributed by atoms with van der Waals surface area (Å²) in [5.41, 5.74) is 2.44. The maximum atomic E-state index is 13.1. The highest BCUT2D eigenvalue weighted by Gasteiger charge is 2.47. The molecule has 6 rings (SSSR count). The van der Waals surface area contributed by atoms with Crippen LogP contribution in [0.1, 0.15) is 108 Å². The topological polar surface area (TPSA) is 72.5 Å². The summed E-state index contributed by atoms with van der Waals surface area (Å²) in [6.07, 6.45) is 24.6. The third-order valence-corrected chi connectivity index (χ3v) is 11.5. The number of carbonyl (C=O) groups excluding carboxylic acids is 1. The molecule has 3 aliphatic carbocycles. The number of rotatable bonds is 16. The predicted molar refractivity (Wildman–Crippen MR) is 186 cm³/mol. The molecule has 8 unspecified atom stereocenters. The molecule has 1 aromatic rings. The van der Waals surface area contributed by atoms with Gasteiger partial charge in [0.05, 0.1) is 31.8 Å². The van der Waals surface area contributed by atoms with Crippen LogP contribution in [0.4, 0.5) is 0 Å². The molecule has 8 atom stereocenters. The molecule has 1 aromatic carbocycles. The SMILES string of the molecule is COC(=O)C(CCCCOCc1ccccc1)C1=CC2C(C1)CC(OC1CCCCO1)C2C=CC(OC1CCCCO1)C1CCCCC1. The Morgan fingerprint density at radius 3 is 2.40 bits per heavy atom. The van der Waals surface area contributed by atoms with Crippen molar-refractivity contribution in [3.63, 3.8) is 0 Å². The Bertz CT molecular complexity index is 1150. The third-order valence-electron chi connectivity index (χ3n) is 11.5. The number of methoxy groups -OCH3 is 1. The van der Waals surface area contributed by atoms with Crippen LogP contribution in [-0.4, -0.2) is 57.7 Å². The van der Waals surface area contributed by atoms with Gasteiger partial charge >= 0.3 is 5.97 Å². The zero-order valence-corrected chi connectivity index (χ0v) is 29.3. The minimum absolute atomic E-state index is 0.0656. The fraction of sp³-hybridized carbons (Fsp3) is 0.732. The number of hydrogen-bond donors (Lipinski definition) is 0. The molecule has 0 aromatic heterocycles. The lowest BCUT2D eigenvalue weighted by Gasteiger charge is -2.33. The van der Waals surface area contributed by atoms with Crippen LogP contribution in [-0.2, 0) is 39.8 Å². The third kappa shape index (κ3) is 10.0. The lowest BCUT2D eigenvalue weighted by atomic mass is 9.84. The van der Waals surface area contributed by atoms with Crippen LogP contribution >= 0.6 is 0 Å². The van der Waals surface area contributed by atoms with Crippen molar-refractivity contribution in [2.45, 2.75) is 134 Å². The van der Waals surface area contributed by atoms with Crippen molar-refractivity contribution >= 4 is 5.97 Å². The molecule has 5 aliphatic rings. The zero-order chi connectivity index (χ0) is 33.0. The highest BCUT2D eigenvalue weighted by molar-refractivity contribution is 5.76. The van der Waals surface area contributed by atoms with Gasteiger partial charge in [-0.05, 0) is 107 Å². The highest BCUT2D eigenvalue weighted by Crippen LogP contribution is 2.51. The minimum atomic E-state index is -0.192. The van der Waals surface area contributed by atoms with E-state index in [1.807, 2.05) is 18.2 Å². The molecule has 0 radical (unpaired) electrons. The molecule has 2 heterocycles. The summed E-state index contributed by atoms with van der Waals surface area (Å²) in [7, 11) is 1.52. The van der Waals surface area contributed by atoms with E-state index >= 15 is 0 Å². The fourth-order valence-corrected chi connectivity index (χ4v) is 8.85. The van der Waals surface area contributed by atoms with Gasteiger partial charge in [-0.3, -0.25) is 4.79 Å². The number of hydrogen-bond acceptors (Lipinski definition) is 7. The number of benzene rings is 1. The van der Waals surface area contributed by atoms with Gasteiger partial charge in [-0.2, -0.15) is 0 Å². The van der Waals surface area contributed by atoms with Crippen LogP contribution in [0, 0.1) is 29.6 Å². The van der Waals surface area contributed by atoms with E-state index in [-0.39, 0.29) is 42.6 Å². The molecular formula is C41H60O7. The molecule has 2 aliphatic heterocycles. The Kier molecular flexibility index (Phi) is 14.0. The van der Waals surface area contributed by atoms with Crippen molar-refractivity contribution in [3.8, 4) is 0 Å². The van der Waals surface area contributed by atoms with Crippen LogP contribution in [0.3, 0.4) is 0 Å². The Balaban J connectivity index is 1.13. The number of ether oxygens (including phenoxy) is 6. The largest absolute Gasteiger partial charge is 0.469 e. The summed E-state index contributed by atoms with van der Waals surface area (Å²) in [6, 6.07) is 10.3. The van der Waals surface area contributed by atoms with E-state index in [4.69, 9.17) is 28.4 Å². The first-order valence-corrected chi connectivity index (χ1v) is 19.3. The van der Waals surface area contributed by atoms with Crippen LogP contribution in [0.5, 0.6) is 0 Å². The standard InChI is InChI=1S/C41H60O7/c1-43-41(42)34(18-8-11-23-44-29-30-14-4-2-5-15-30)32-26-33-28-38(48-40-20-10-13-25-46-40)35(36(33)27-32)21-22-37(31-16-6-3-7-17-31)47-39-19-9-12-24-45-39/h2,4-5,14-15,21-22,27,31,33-40H,3,6-13,16-20,23-26,28-29H2,1H3. The number of allylic oxidation sites excluding steroid dienone is 1. The normalized spacial score (nSPS) is 31.0. The molecule has 48 heavy (non-hydrogen) atoms. The first kappa shape index (κ1) is 35.8. The molecule has 0 bridgehead atoms. The van der Waals surface area contributed by atoms with E-state index in [2.05, 4.69) is 30.4 Å². The van der Waals surface area contributed by atoms with E-state index in [9.17, 15) is 4.79 Å². The molecule has 0 spiro atoms. The van der Waals surface area contributed by atoms with Crippen molar-refractivity contribution in [1.82, 2.24) is 0 Å². The number of unbranched alkanes of at least 4 members (excludes halogenated alkanes) is 1. The van der Waals surface area contributed by atoms with E-state index in [0.717, 1.165) is 77.4 Å². The van der Waals surface area contributed by atoms with Crippen molar-refractivity contribution in [2.75, 3.05) is 26.9 Å². The van der Waals surface area contributed by atoms with E-state index in [1.54, 1.807) is 0 Å². The minimum Gasteiger partial charge on any atom is -0.469 e. The van der Waals surface area contributed by atoms with E-state index in [0.29, 0.717) is 31.0 Å². The summed E-state index contributed by atoms with van der Waals surface area (Å²) < 4.78 is 36.9. The second-order valence-corrected chi connectivity index (χ2v) is 14.9. The highest BCUT2D eigenvalue weighted by atomic mass is 16.7. The van der Waals surface area contributed by atoms with Crippen molar-refractivity contribution < 1.29 is 33.2 Å². The van der Waals surface area contributed by atoms with E-state index in [1.165, 1.54) is 56.8 Å². The number of esters is 1. The van der Waals surface area contributed by atoms with Crippen LogP contribution in [0.15, 0.2) is 54.1 Å². The van der Waals surface area contributed by atoms with Gasteiger partial charge in [-0.15, -0.1) is 0 Å². The fourth-order valence-electron chi connectivity index (χ4n) is 8.85. The van der Waals surface area contributed by atoms with Gasteiger partial charge in [-0.1, -0.05) is 73.4 Å². The molecule has 7 heteroatoms. The number of carbonyl (C=O) groups is 1. The molecule has 0 N–H and O–H groups in total.